The molecule has 2 heterocycles. The summed E-state index contributed by atoms with van der Waals surface area (Å²) in [7, 11) is 0. The van der Waals surface area contributed by atoms with Gasteiger partial charge in [0.2, 0.25) is 11.8 Å². The Hall–Kier alpha value is -0.840. The summed E-state index contributed by atoms with van der Waals surface area (Å²) in [4.78, 5) is 25.8. The second-order valence-corrected chi connectivity index (χ2v) is 8.96. The molecule has 1 aromatic heterocycles. The van der Waals surface area contributed by atoms with Crippen LogP contribution in [0.1, 0.15) is 20.3 Å². The summed E-state index contributed by atoms with van der Waals surface area (Å²) in [6, 6.07) is 0. The molecule has 0 saturated carbocycles. The van der Waals surface area contributed by atoms with Gasteiger partial charge < -0.3 is 15.0 Å². The maximum Gasteiger partial charge on any atom is 0.236 e. The van der Waals surface area contributed by atoms with E-state index in [1.807, 2.05) is 18.7 Å². The molecule has 10 heteroatoms. The number of carbonyl (C=O) groups excluding carboxylic acids is 2. The van der Waals surface area contributed by atoms with Crippen LogP contribution in [-0.4, -0.2) is 70.8 Å². The average Bonchev–Trinajstić information content (AvgIpc) is 3.05. The average molecular weight is 391 g/mol. The first-order valence-corrected chi connectivity index (χ1v) is 10.5. The highest BCUT2D eigenvalue weighted by atomic mass is 32.2. The van der Waals surface area contributed by atoms with Crippen molar-refractivity contribution in [3.8, 4) is 0 Å². The molecule has 24 heavy (non-hydrogen) atoms. The van der Waals surface area contributed by atoms with Crippen LogP contribution < -0.4 is 5.32 Å². The predicted molar refractivity (Wildman–Crippen MR) is 96.7 cm³/mol. The fraction of sp³-hybridized carbons (Fsp3) is 0.714. The van der Waals surface area contributed by atoms with Gasteiger partial charge in [-0.1, -0.05) is 41.8 Å². The highest BCUT2D eigenvalue weighted by Crippen LogP contribution is 2.31. The summed E-state index contributed by atoms with van der Waals surface area (Å²) in [6.45, 7) is 7.08. The number of hydrogen-bond donors (Lipinski definition) is 1. The number of nitrogens with one attached hydrogen (secondary N) is 1. The number of hydrogen-bond acceptors (Lipinski definition) is 8. The van der Waals surface area contributed by atoms with E-state index in [4.69, 9.17) is 4.74 Å². The third-order valence-corrected chi connectivity index (χ3v) is 6.46. The summed E-state index contributed by atoms with van der Waals surface area (Å²) in [5.41, 5.74) is 0. The van der Waals surface area contributed by atoms with Crippen molar-refractivity contribution >= 4 is 46.7 Å². The quantitative estimate of drug-likeness (QED) is 0.673. The lowest BCUT2D eigenvalue weighted by atomic mass is 10.3. The number of nitrogens with zero attached hydrogens (tertiary/aromatic N) is 3. The summed E-state index contributed by atoms with van der Waals surface area (Å²) < 4.78 is 6.76. The van der Waals surface area contributed by atoms with Gasteiger partial charge in [0.15, 0.2) is 8.68 Å². The molecule has 2 amide bonds. The molecule has 1 saturated heterocycles. The van der Waals surface area contributed by atoms with Gasteiger partial charge in [-0.2, -0.15) is 0 Å². The molecule has 134 valence electrons. The van der Waals surface area contributed by atoms with Gasteiger partial charge in [-0.15, -0.1) is 10.2 Å². The van der Waals surface area contributed by atoms with E-state index in [0.29, 0.717) is 38.6 Å². The van der Waals surface area contributed by atoms with Gasteiger partial charge >= 0.3 is 0 Å². The molecule has 0 radical (unpaired) electrons. The van der Waals surface area contributed by atoms with E-state index in [2.05, 4.69) is 15.5 Å². The van der Waals surface area contributed by atoms with Crippen molar-refractivity contribution in [3.05, 3.63) is 0 Å². The largest absolute Gasteiger partial charge is 0.378 e. The molecule has 0 spiro atoms. The lowest BCUT2D eigenvalue weighted by Crippen LogP contribution is -2.44. The molecule has 1 unspecified atom stereocenters. The van der Waals surface area contributed by atoms with Crippen molar-refractivity contribution in [1.82, 2.24) is 20.4 Å². The molecule has 0 bridgehead atoms. The maximum atomic E-state index is 12.4. The van der Waals surface area contributed by atoms with Crippen LogP contribution in [0.2, 0.25) is 0 Å². The van der Waals surface area contributed by atoms with Crippen LogP contribution >= 0.6 is 34.9 Å². The Morgan fingerprint density at radius 1 is 1.33 bits per heavy atom. The first-order chi connectivity index (χ1) is 11.6. The van der Waals surface area contributed by atoms with Crippen molar-refractivity contribution in [2.75, 3.05) is 38.6 Å². The number of carbonyl (C=O) groups is 2. The van der Waals surface area contributed by atoms with Crippen LogP contribution in [0.15, 0.2) is 8.68 Å². The van der Waals surface area contributed by atoms with Gasteiger partial charge in [-0.3, -0.25) is 9.59 Å². The van der Waals surface area contributed by atoms with E-state index in [0.717, 1.165) is 15.1 Å². The third-order valence-electron chi connectivity index (χ3n) is 3.23. The number of ether oxygens (including phenoxy) is 1. The van der Waals surface area contributed by atoms with E-state index in [-0.39, 0.29) is 17.1 Å². The topological polar surface area (TPSA) is 84.4 Å². The summed E-state index contributed by atoms with van der Waals surface area (Å²) in [5, 5.41) is 10.8. The van der Waals surface area contributed by atoms with Gasteiger partial charge in [0.1, 0.15) is 0 Å². The van der Waals surface area contributed by atoms with Gasteiger partial charge in [0.05, 0.1) is 24.2 Å². The fourth-order valence-electron chi connectivity index (χ4n) is 1.99. The molecule has 1 fully saturated rings. The lowest BCUT2D eigenvalue weighted by Gasteiger charge is -2.28. The molecule has 0 aliphatic carbocycles. The molecule has 1 aromatic rings. The fourth-order valence-corrected chi connectivity index (χ4v) is 5.07. The Balaban J connectivity index is 1.77. The first-order valence-electron chi connectivity index (χ1n) is 7.86. The minimum Gasteiger partial charge on any atom is -0.378 e. The standard InChI is InChI=1S/C14H22N4O3S3/c1-3-4-15-11(19)9-22-13-16-17-14(24-13)23-10(2)12(20)18-5-7-21-8-6-18/h10H,3-9H2,1-2H3,(H,15,19). The molecule has 7 nitrogen and oxygen atoms in total. The molecule has 1 N–H and O–H groups in total. The molecule has 2 rings (SSSR count). The summed E-state index contributed by atoms with van der Waals surface area (Å²) in [5.74, 6) is 0.440. The molecule has 1 aliphatic rings. The van der Waals surface area contributed by atoms with Crippen molar-refractivity contribution in [2.45, 2.75) is 34.2 Å². The van der Waals surface area contributed by atoms with E-state index < -0.39 is 0 Å². The summed E-state index contributed by atoms with van der Waals surface area (Å²) >= 11 is 4.20. The zero-order valence-electron chi connectivity index (χ0n) is 13.8. The third kappa shape index (κ3) is 6.23. The zero-order valence-corrected chi connectivity index (χ0v) is 16.3. The number of morpholine rings is 1. The van der Waals surface area contributed by atoms with Crippen LogP contribution in [0, 0.1) is 0 Å². The van der Waals surface area contributed by atoms with E-state index in [1.54, 1.807) is 0 Å². The number of rotatable bonds is 8. The van der Waals surface area contributed by atoms with Gasteiger partial charge in [0.25, 0.3) is 0 Å². The Bertz CT molecular complexity index is 549. The Labute approximate surface area is 154 Å². The monoisotopic (exact) mass is 390 g/mol. The van der Waals surface area contributed by atoms with Crippen LogP contribution in [-0.2, 0) is 14.3 Å². The molecular weight excluding hydrogens is 368 g/mol. The van der Waals surface area contributed by atoms with Crippen molar-refractivity contribution in [2.24, 2.45) is 0 Å². The maximum absolute atomic E-state index is 12.4. The second-order valence-electron chi connectivity index (χ2n) is 5.17. The normalized spacial score (nSPS) is 16.0. The highest BCUT2D eigenvalue weighted by Gasteiger charge is 2.24. The van der Waals surface area contributed by atoms with Crippen molar-refractivity contribution < 1.29 is 14.3 Å². The number of amides is 2. The van der Waals surface area contributed by atoms with Crippen molar-refractivity contribution in [3.63, 3.8) is 0 Å². The van der Waals surface area contributed by atoms with Crippen molar-refractivity contribution in [1.29, 1.82) is 0 Å². The minimum absolute atomic E-state index is 0.00196. The molecule has 1 aliphatic heterocycles. The second kappa shape index (κ2) is 10.2. The summed E-state index contributed by atoms with van der Waals surface area (Å²) in [6.07, 6.45) is 0.922. The molecule has 1 atom stereocenters. The van der Waals surface area contributed by atoms with Crippen LogP contribution in [0.3, 0.4) is 0 Å². The van der Waals surface area contributed by atoms with Gasteiger partial charge in [-0.25, -0.2) is 0 Å². The predicted octanol–water partition coefficient (Wildman–Crippen LogP) is 1.50. The SMILES string of the molecule is CCCNC(=O)CSc1nnc(SC(C)C(=O)N2CCOCC2)s1. The van der Waals surface area contributed by atoms with Crippen LogP contribution in [0.5, 0.6) is 0 Å². The van der Waals surface area contributed by atoms with Gasteiger partial charge in [-0.05, 0) is 13.3 Å². The van der Waals surface area contributed by atoms with E-state index in [9.17, 15) is 9.59 Å². The Kier molecular flexibility index (Phi) is 8.30. The minimum atomic E-state index is -0.207. The highest BCUT2D eigenvalue weighted by molar-refractivity contribution is 8.04. The zero-order chi connectivity index (χ0) is 17.4. The smallest absolute Gasteiger partial charge is 0.236 e. The Morgan fingerprint density at radius 2 is 2.04 bits per heavy atom. The van der Waals surface area contributed by atoms with Crippen LogP contribution in [0.4, 0.5) is 0 Å². The van der Waals surface area contributed by atoms with E-state index in [1.165, 1.54) is 34.9 Å². The van der Waals surface area contributed by atoms with Crippen LogP contribution in [0.25, 0.3) is 0 Å². The lowest BCUT2D eigenvalue weighted by molar-refractivity contribution is -0.134. The Morgan fingerprint density at radius 3 is 2.75 bits per heavy atom. The molecular formula is C14H22N4O3S3. The molecule has 0 aromatic carbocycles. The number of thioether (sulfide) groups is 2. The first kappa shape index (κ1) is 19.5. The van der Waals surface area contributed by atoms with E-state index >= 15 is 0 Å². The number of aromatic nitrogens is 2. The van der Waals surface area contributed by atoms with Gasteiger partial charge in [0, 0.05) is 19.6 Å².